The molecule has 36 heavy (non-hydrogen) atoms. The highest BCUT2D eigenvalue weighted by atomic mass is 32.2. The van der Waals surface area contributed by atoms with E-state index in [1.807, 2.05) is 37.4 Å². The number of aryl methyl sites for hydroxylation is 1. The van der Waals surface area contributed by atoms with Gasteiger partial charge in [0.25, 0.3) is 5.91 Å². The molecule has 3 aromatic rings. The number of sulfonamides is 1. The van der Waals surface area contributed by atoms with E-state index in [9.17, 15) is 23.1 Å². The Labute approximate surface area is 219 Å². The number of thioether (sulfide) groups is 1. The van der Waals surface area contributed by atoms with Crippen LogP contribution < -0.4 is 5.32 Å². The van der Waals surface area contributed by atoms with Crippen LogP contribution in [0.5, 0.6) is 0 Å². The van der Waals surface area contributed by atoms with Gasteiger partial charge < -0.3 is 10.4 Å². The molecule has 0 saturated heterocycles. The summed E-state index contributed by atoms with van der Waals surface area (Å²) in [5.74, 6) is -0.974. The largest absolute Gasteiger partial charge is 0.480 e. The fraction of sp³-hybridized carbons (Fsp3) is 0.320. The first-order valence-corrected chi connectivity index (χ1v) is 15.3. The predicted molar refractivity (Wildman–Crippen MR) is 145 cm³/mol. The lowest BCUT2D eigenvalue weighted by molar-refractivity contribution is -0.139. The molecule has 8 nitrogen and oxygen atoms in total. The molecule has 1 atom stereocenters. The third-order valence-corrected chi connectivity index (χ3v) is 8.23. The highest BCUT2D eigenvalue weighted by Gasteiger charge is 2.24. The van der Waals surface area contributed by atoms with E-state index in [1.165, 1.54) is 33.7 Å². The fourth-order valence-electron chi connectivity index (χ4n) is 3.70. The minimum absolute atomic E-state index is 0.114. The van der Waals surface area contributed by atoms with Crippen molar-refractivity contribution in [3.63, 3.8) is 0 Å². The number of hydrogen-bond donors (Lipinski definition) is 2. The monoisotopic (exact) mass is 547 g/mol. The van der Waals surface area contributed by atoms with Crippen LogP contribution in [0, 0.1) is 6.92 Å². The Kier molecular flexibility index (Phi) is 9.66. The number of carboxylic acids is 1. The van der Waals surface area contributed by atoms with Crippen LogP contribution in [0.4, 0.5) is 0 Å². The van der Waals surface area contributed by atoms with Gasteiger partial charge >= 0.3 is 5.97 Å². The number of nitrogens with one attached hydrogen (secondary N) is 1. The normalized spacial score (nSPS) is 12.4. The third kappa shape index (κ3) is 7.39. The van der Waals surface area contributed by atoms with Crippen molar-refractivity contribution in [1.29, 1.82) is 0 Å². The quantitative estimate of drug-likeness (QED) is 0.352. The number of carbonyl (C=O) groups is 2. The van der Waals surface area contributed by atoms with E-state index in [1.54, 1.807) is 29.9 Å². The zero-order valence-electron chi connectivity index (χ0n) is 20.3. The maximum absolute atomic E-state index is 13.2. The SMILES string of the molecule is CSCCC(NC(=O)c1ccc(CN(Cc2cncs2)S(C)(=O)=O)cc1-c1ccccc1C)C(=O)O. The van der Waals surface area contributed by atoms with Gasteiger partial charge in [0.2, 0.25) is 10.0 Å². The summed E-state index contributed by atoms with van der Waals surface area (Å²) >= 11 is 2.89. The second-order valence-electron chi connectivity index (χ2n) is 8.34. The molecule has 0 aliphatic carbocycles. The van der Waals surface area contributed by atoms with Crippen molar-refractivity contribution < 1.29 is 23.1 Å². The van der Waals surface area contributed by atoms with E-state index in [-0.39, 0.29) is 13.1 Å². The molecular formula is C25H29N3O5S3. The molecule has 0 bridgehead atoms. The number of thiazole rings is 1. The van der Waals surface area contributed by atoms with Crippen LogP contribution in [0.15, 0.2) is 54.2 Å². The first-order valence-electron chi connectivity index (χ1n) is 11.1. The van der Waals surface area contributed by atoms with Crippen LogP contribution in [0.1, 0.15) is 32.8 Å². The molecule has 2 N–H and O–H groups in total. The Balaban J connectivity index is 1.99. The first kappa shape index (κ1) is 27.9. The Hall–Kier alpha value is -2.73. The van der Waals surface area contributed by atoms with E-state index in [4.69, 9.17) is 0 Å². The maximum Gasteiger partial charge on any atom is 0.326 e. The highest BCUT2D eigenvalue weighted by Crippen LogP contribution is 2.29. The zero-order chi connectivity index (χ0) is 26.3. The van der Waals surface area contributed by atoms with E-state index in [0.717, 1.165) is 16.0 Å². The summed E-state index contributed by atoms with van der Waals surface area (Å²) in [5, 5.41) is 12.2. The van der Waals surface area contributed by atoms with Gasteiger partial charge in [-0.15, -0.1) is 11.3 Å². The molecule has 0 aliphatic rings. The van der Waals surface area contributed by atoms with Crippen LogP contribution in [-0.2, 0) is 27.9 Å². The van der Waals surface area contributed by atoms with Gasteiger partial charge in [0, 0.05) is 29.7 Å². The molecular weight excluding hydrogens is 518 g/mol. The molecule has 0 fully saturated rings. The molecule has 1 amide bonds. The molecule has 0 saturated carbocycles. The lowest BCUT2D eigenvalue weighted by Gasteiger charge is -2.21. The third-order valence-electron chi connectivity index (χ3n) is 5.62. The van der Waals surface area contributed by atoms with E-state index < -0.39 is 27.9 Å². The van der Waals surface area contributed by atoms with Crippen molar-refractivity contribution in [3.05, 3.63) is 75.7 Å². The molecule has 11 heteroatoms. The highest BCUT2D eigenvalue weighted by molar-refractivity contribution is 7.98. The zero-order valence-corrected chi connectivity index (χ0v) is 22.8. The van der Waals surface area contributed by atoms with E-state index in [0.29, 0.717) is 28.9 Å². The lowest BCUT2D eigenvalue weighted by Crippen LogP contribution is -2.41. The number of rotatable bonds is 12. The fourth-order valence-corrected chi connectivity index (χ4v) is 5.62. The standard InChI is InChI=1S/C25H29N3O5S3/c1-17-6-4-5-7-20(17)22-12-18(14-28(36(3,32)33)15-19-13-26-16-35-19)8-9-21(22)24(29)27-23(25(30)31)10-11-34-2/h4-9,12-13,16,23H,10-11,14-15H2,1-3H3,(H,27,29)(H,30,31). The van der Waals surface area contributed by atoms with Gasteiger partial charge in [0.05, 0.1) is 11.8 Å². The topological polar surface area (TPSA) is 117 Å². The summed E-state index contributed by atoms with van der Waals surface area (Å²) in [5.41, 5.74) is 5.06. The lowest BCUT2D eigenvalue weighted by atomic mass is 9.93. The summed E-state index contributed by atoms with van der Waals surface area (Å²) in [6.45, 7) is 2.24. The second-order valence-corrected chi connectivity index (χ2v) is 12.3. The minimum Gasteiger partial charge on any atom is -0.480 e. The Morgan fingerprint density at radius 2 is 1.92 bits per heavy atom. The van der Waals surface area contributed by atoms with Gasteiger partial charge in [-0.2, -0.15) is 16.1 Å². The van der Waals surface area contributed by atoms with Crippen LogP contribution >= 0.6 is 23.1 Å². The molecule has 192 valence electrons. The van der Waals surface area contributed by atoms with Crippen molar-refractivity contribution in [2.45, 2.75) is 32.5 Å². The van der Waals surface area contributed by atoms with Crippen LogP contribution in [0.3, 0.4) is 0 Å². The van der Waals surface area contributed by atoms with Crippen LogP contribution in [0.25, 0.3) is 11.1 Å². The summed E-state index contributed by atoms with van der Waals surface area (Å²) in [7, 11) is -3.52. The van der Waals surface area contributed by atoms with Gasteiger partial charge in [-0.1, -0.05) is 30.3 Å². The van der Waals surface area contributed by atoms with Gasteiger partial charge in [-0.25, -0.2) is 13.2 Å². The minimum atomic E-state index is -3.52. The molecule has 0 aliphatic heterocycles. The van der Waals surface area contributed by atoms with Crippen LogP contribution in [-0.4, -0.2) is 59.0 Å². The number of aliphatic carboxylic acids is 1. The summed E-state index contributed by atoms with van der Waals surface area (Å²) in [6.07, 6.45) is 5.00. The molecule has 0 spiro atoms. The summed E-state index contributed by atoms with van der Waals surface area (Å²) < 4.78 is 26.4. The average Bonchev–Trinajstić information content (AvgIpc) is 3.34. The number of benzene rings is 2. The van der Waals surface area contributed by atoms with Gasteiger partial charge in [-0.3, -0.25) is 9.78 Å². The Bertz CT molecular complexity index is 1310. The van der Waals surface area contributed by atoms with Crippen LogP contribution in [0.2, 0.25) is 0 Å². The molecule has 1 heterocycles. The van der Waals surface area contributed by atoms with Crippen molar-refractivity contribution in [2.24, 2.45) is 0 Å². The Morgan fingerprint density at radius 3 is 2.53 bits per heavy atom. The van der Waals surface area contributed by atoms with Crippen molar-refractivity contribution >= 4 is 45.0 Å². The van der Waals surface area contributed by atoms with Crippen molar-refractivity contribution in [1.82, 2.24) is 14.6 Å². The van der Waals surface area contributed by atoms with Crippen molar-refractivity contribution in [2.75, 3.05) is 18.3 Å². The smallest absolute Gasteiger partial charge is 0.326 e. The molecule has 0 radical (unpaired) electrons. The number of carbonyl (C=O) groups excluding carboxylic acids is 1. The number of nitrogens with zero attached hydrogens (tertiary/aromatic N) is 2. The first-order chi connectivity index (χ1) is 17.1. The van der Waals surface area contributed by atoms with E-state index in [2.05, 4.69) is 10.3 Å². The molecule has 1 aromatic heterocycles. The Morgan fingerprint density at radius 1 is 1.17 bits per heavy atom. The number of aromatic nitrogens is 1. The maximum atomic E-state index is 13.2. The number of carboxylic acid groups (broad SMARTS) is 1. The summed E-state index contributed by atoms with van der Waals surface area (Å²) in [6, 6.07) is 11.7. The van der Waals surface area contributed by atoms with Gasteiger partial charge in [0.1, 0.15) is 6.04 Å². The number of amides is 1. The van der Waals surface area contributed by atoms with Crippen molar-refractivity contribution in [3.8, 4) is 11.1 Å². The number of hydrogen-bond acceptors (Lipinski definition) is 7. The predicted octanol–water partition coefficient (Wildman–Crippen LogP) is 4.02. The molecule has 2 aromatic carbocycles. The van der Waals surface area contributed by atoms with Gasteiger partial charge in [-0.05, 0) is 59.7 Å². The van der Waals surface area contributed by atoms with Gasteiger partial charge in [0.15, 0.2) is 0 Å². The summed E-state index contributed by atoms with van der Waals surface area (Å²) in [4.78, 5) is 29.8. The molecule has 3 rings (SSSR count). The average molecular weight is 548 g/mol. The molecule has 1 unspecified atom stereocenters. The second kappa shape index (κ2) is 12.5. The van der Waals surface area contributed by atoms with E-state index >= 15 is 0 Å².